The molecule has 0 N–H and O–H groups in total. The van der Waals surface area contributed by atoms with Gasteiger partial charge in [0, 0.05) is 5.92 Å². The first-order chi connectivity index (χ1) is 6.15. The number of rotatable bonds is 2. The number of methoxy groups -OCH3 is 1. The number of hydrogen-bond acceptors (Lipinski definition) is 3. The lowest BCUT2D eigenvalue weighted by Crippen LogP contribution is -2.12. The van der Waals surface area contributed by atoms with Gasteiger partial charge in [-0.05, 0) is 13.3 Å². The van der Waals surface area contributed by atoms with E-state index in [1.807, 2.05) is 0 Å². The SMILES string of the molecule is COC(=O)C1=CCC(C(C)=O)C=C1. The zero-order valence-electron chi connectivity index (χ0n) is 7.74. The Labute approximate surface area is 77.1 Å². The van der Waals surface area contributed by atoms with Crippen LogP contribution in [0, 0.1) is 5.92 Å². The highest BCUT2D eigenvalue weighted by molar-refractivity contribution is 5.92. The lowest BCUT2D eigenvalue weighted by atomic mass is 9.94. The van der Waals surface area contributed by atoms with Gasteiger partial charge in [0.1, 0.15) is 5.78 Å². The maximum absolute atomic E-state index is 11.0. The van der Waals surface area contributed by atoms with Gasteiger partial charge in [-0.15, -0.1) is 0 Å². The first kappa shape index (κ1) is 9.71. The molecule has 1 atom stereocenters. The summed E-state index contributed by atoms with van der Waals surface area (Å²) in [6.07, 6.45) is 5.71. The van der Waals surface area contributed by atoms with E-state index in [4.69, 9.17) is 0 Å². The standard InChI is InChI=1S/C10H12O3/c1-7(11)8-3-5-9(6-4-8)10(12)13-2/h3,5-6,8H,4H2,1-2H3. The van der Waals surface area contributed by atoms with Gasteiger partial charge < -0.3 is 4.74 Å². The predicted molar refractivity (Wildman–Crippen MR) is 48.0 cm³/mol. The summed E-state index contributed by atoms with van der Waals surface area (Å²) in [6, 6.07) is 0. The Bertz CT molecular complexity index is 287. The van der Waals surface area contributed by atoms with E-state index in [-0.39, 0.29) is 17.7 Å². The van der Waals surface area contributed by atoms with E-state index in [0.29, 0.717) is 12.0 Å². The van der Waals surface area contributed by atoms with Crippen LogP contribution in [0.5, 0.6) is 0 Å². The largest absolute Gasteiger partial charge is 0.465 e. The first-order valence-corrected chi connectivity index (χ1v) is 4.12. The van der Waals surface area contributed by atoms with E-state index in [0.717, 1.165) is 0 Å². The fourth-order valence-corrected chi connectivity index (χ4v) is 1.19. The molecule has 0 aromatic rings. The molecule has 0 amide bonds. The van der Waals surface area contributed by atoms with Crippen molar-refractivity contribution in [3.8, 4) is 0 Å². The summed E-state index contributed by atoms with van der Waals surface area (Å²) in [5, 5.41) is 0. The van der Waals surface area contributed by atoms with Crippen LogP contribution in [0.1, 0.15) is 13.3 Å². The van der Waals surface area contributed by atoms with Crippen molar-refractivity contribution in [1.29, 1.82) is 0 Å². The highest BCUT2D eigenvalue weighted by Gasteiger charge is 2.16. The maximum atomic E-state index is 11.0. The summed E-state index contributed by atoms with van der Waals surface area (Å²) >= 11 is 0. The lowest BCUT2D eigenvalue weighted by Gasteiger charge is -2.11. The molecule has 13 heavy (non-hydrogen) atoms. The monoisotopic (exact) mass is 180 g/mol. The van der Waals surface area contributed by atoms with Crippen LogP contribution in [-0.2, 0) is 14.3 Å². The predicted octanol–water partition coefficient (Wildman–Crippen LogP) is 1.25. The first-order valence-electron chi connectivity index (χ1n) is 4.12. The van der Waals surface area contributed by atoms with Crippen molar-refractivity contribution >= 4 is 11.8 Å². The van der Waals surface area contributed by atoms with Crippen LogP contribution >= 0.6 is 0 Å². The maximum Gasteiger partial charge on any atom is 0.337 e. The van der Waals surface area contributed by atoms with Crippen molar-refractivity contribution in [1.82, 2.24) is 0 Å². The van der Waals surface area contributed by atoms with Crippen LogP contribution in [-0.4, -0.2) is 18.9 Å². The zero-order valence-corrected chi connectivity index (χ0v) is 7.74. The molecule has 0 saturated carbocycles. The Balaban J connectivity index is 2.65. The third kappa shape index (κ3) is 2.28. The summed E-state index contributed by atoms with van der Waals surface area (Å²) < 4.78 is 4.54. The van der Waals surface area contributed by atoms with Gasteiger partial charge in [0.25, 0.3) is 0 Å². The van der Waals surface area contributed by atoms with Crippen molar-refractivity contribution < 1.29 is 14.3 Å². The molecule has 1 aliphatic rings. The van der Waals surface area contributed by atoms with Crippen LogP contribution in [0.15, 0.2) is 23.8 Å². The van der Waals surface area contributed by atoms with Gasteiger partial charge in [0.2, 0.25) is 0 Å². The second-order valence-electron chi connectivity index (χ2n) is 2.96. The second kappa shape index (κ2) is 4.03. The van der Waals surface area contributed by atoms with Crippen molar-refractivity contribution in [2.75, 3.05) is 7.11 Å². The van der Waals surface area contributed by atoms with E-state index in [9.17, 15) is 9.59 Å². The number of carbonyl (C=O) groups excluding carboxylic acids is 2. The second-order valence-corrected chi connectivity index (χ2v) is 2.96. The molecule has 0 aromatic carbocycles. The quantitative estimate of drug-likeness (QED) is 0.601. The average Bonchev–Trinajstić information content (AvgIpc) is 2.17. The van der Waals surface area contributed by atoms with Crippen molar-refractivity contribution in [3.63, 3.8) is 0 Å². The molecular formula is C10H12O3. The highest BCUT2D eigenvalue weighted by Crippen LogP contribution is 2.17. The van der Waals surface area contributed by atoms with E-state index in [1.165, 1.54) is 7.11 Å². The summed E-state index contributed by atoms with van der Waals surface area (Å²) in [4.78, 5) is 22.0. The smallest absolute Gasteiger partial charge is 0.337 e. The third-order valence-corrected chi connectivity index (χ3v) is 2.04. The fourth-order valence-electron chi connectivity index (χ4n) is 1.19. The molecule has 0 saturated heterocycles. The van der Waals surface area contributed by atoms with Crippen molar-refractivity contribution in [2.45, 2.75) is 13.3 Å². The molecule has 3 nitrogen and oxygen atoms in total. The fraction of sp³-hybridized carbons (Fsp3) is 0.400. The Morgan fingerprint density at radius 2 is 2.23 bits per heavy atom. The van der Waals surface area contributed by atoms with Crippen LogP contribution in [0.3, 0.4) is 0 Å². The van der Waals surface area contributed by atoms with Crippen LogP contribution < -0.4 is 0 Å². The molecule has 0 heterocycles. The summed E-state index contributed by atoms with van der Waals surface area (Å²) in [5.41, 5.74) is 0.528. The molecule has 70 valence electrons. The van der Waals surface area contributed by atoms with Gasteiger partial charge in [-0.1, -0.05) is 18.2 Å². The molecule has 0 aliphatic heterocycles. The third-order valence-electron chi connectivity index (χ3n) is 2.04. The topological polar surface area (TPSA) is 43.4 Å². The summed E-state index contributed by atoms with van der Waals surface area (Å²) in [5.74, 6) is -0.303. The number of Topliss-reactive ketones (excluding diaryl/α,β-unsaturated/α-hetero) is 1. The number of hydrogen-bond donors (Lipinski definition) is 0. The average molecular weight is 180 g/mol. The van der Waals surface area contributed by atoms with Gasteiger partial charge in [0.05, 0.1) is 12.7 Å². The molecule has 1 rings (SSSR count). The van der Waals surface area contributed by atoms with E-state index < -0.39 is 0 Å². The van der Waals surface area contributed by atoms with Crippen LogP contribution in [0.2, 0.25) is 0 Å². The summed E-state index contributed by atoms with van der Waals surface area (Å²) in [7, 11) is 1.34. The van der Waals surface area contributed by atoms with Gasteiger partial charge in [-0.25, -0.2) is 4.79 Å². The van der Waals surface area contributed by atoms with Crippen molar-refractivity contribution in [3.05, 3.63) is 23.8 Å². The molecule has 0 aromatic heterocycles. The van der Waals surface area contributed by atoms with Gasteiger partial charge in [-0.3, -0.25) is 4.79 Å². The Hall–Kier alpha value is -1.38. The van der Waals surface area contributed by atoms with Crippen molar-refractivity contribution in [2.24, 2.45) is 5.92 Å². The number of allylic oxidation sites excluding steroid dienone is 2. The molecule has 0 fully saturated rings. The normalized spacial score (nSPS) is 20.8. The molecule has 1 aliphatic carbocycles. The van der Waals surface area contributed by atoms with E-state index in [1.54, 1.807) is 25.2 Å². The number of esters is 1. The number of carbonyl (C=O) groups is 2. The minimum absolute atomic E-state index is 0.0755. The van der Waals surface area contributed by atoms with E-state index >= 15 is 0 Å². The number of ether oxygens (including phenoxy) is 1. The van der Waals surface area contributed by atoms with Crippen LogP contribution in [0.4, 0.5) is 0 Å². The molecule has 0 radical (unpaired) electrons. The molecular weight excluding hydrogens is 168 g/mol. The lowest BCUT2D eigenvalue weighted by molar-refractivity contribution is -0.135. The summed E-state index contributed by atoms with van der Waals surface area (Å²) in [6.45, 7) is 1.55. The zero-order chi connectivity index (χ0) is 9.84. The highest BCUT2D eigenvalue weighted by atomic mass is 16.5. The van der Waals surface area contributed by atoms with Gasteiger partial charge >= 0.3 is 5.97 Å². The molecule has 1 unspecified atom stereocenters. The molecule has 0 spiro atoms. The molecule has 3 heteroatoms. The Morgan fingerprint density at radius 3 is 2.62 bits per heavy atom. The minimum atomic E-state index is -0.349. The van der Waals surface area contributed by atoms with E-state index in [2.05, 4.69) is 4.74 Å². The van der Waals surface area contributed by atoms with Gasteiger partial charge in [0.15, 0.2) is 0 Å². The molecule has 0 bridgehead atoms. The van der Waals surface area contributed by atoms with Crippen LogP contribution in [0.25, 0.3) is 0 Å². The number of ketones is 1. The Kier molecular flexibility index (Phi) is 3.01. The Morgan fingerprint density at radius 1 is 1.54 bits per heavy atom. The minimum Gasteiger partial charge on any atom is -0.465 e. The van der Waals surface area contributed by atoms with Gasteiger partial charge in [-0.2, -0.15) is 0 Å².